The van der Waals surface area contributed by atoms with E-state index in [9.17, 15) is 8.78 Å². The number of benzene rings is 1. The Kier molecular flexibility index (Phi) is 3.10. The summed E-state index contributed by atoms with van der Waals surface area (Å²) in [6.45, 7) is 1.82. The Labute approximate surface area is 107 Å². The van der Waals surface area contributed by atoms with Gasteiger partial charge in [0.25, 0.3) is 0 Å². The second kappa shape index (κ2) is 4.61. The third-order valence-corrected chi connectivity index (χ3v) is 4.77. The van der Waals surface area contributed by atoms with Crippen LogP contribution in [-0.2, 0) is 6.42 Å². The zero-order valence-corrected chi connectivity index (χ0v) is 10.5. The van der Waals surface area contributed by atoms with Crippen LogP contribution in [0.4, 0.5) is 8.78 Å². The molecule has 1 saturated heterocycles. The van der Waals surface area contributed by atoms with Gasteiger partial charge in [0.2, 0.25) is 0 Å². The summed E-state index contributed by atoms with van der Waals surface area (Å²) in [5, 5.41) is 3.29. The molecular formula is C15H19F2N. The second-order valence-corrected chi connectivity index (χ2v) is 5.82. The van der Waals surface area contributed by atoms with Crippen molar-refractivity contribution in [3.63, 3.8) is 0 Å². The number of hydrogen-bond acceptors (Lipinski definition) is 1. The smallest absolute Gasteiger partial charge is 0.129 e. The molecule has 1 aliphatic heterocycles. The number of nitrogens with one attached hydrogen (secondary N) is 1. The predicted molar refractivity (Wildman–Crippen MR) is 67.3 cm³/mol. The molecule has 0 radical (unpaired) electrons. The molecule has 98 valence electrons. The van der Waals surface area contributed by atoms with Crippen molar-refractivity contribution in [2.45, 2.75) is 32.1 Å². The van der Waals surface area contributed by atoms with E-state index in [1.807, 2.05) is 0 Å². The van der Waals surface area contributed by atoms with Crippen LogP contribution in [0.2, 0.25) is 0 Å². The third kappa shape index (κ3) is 1.95. The maximum atomic E-state index is 13.8. The van der Waals surface area contributed by atoms with Gasteiger partial charge in [-0.2, -0.15) is 0 Å². The average molecular weight is 251 g/mol. The third-order valence-electron chi connectivity index (χ3n) is 4.77. The Morgan fingerprint density at radius 3 is 2.22 bits per heavy atom. The van der Waals surface area contributed by atoms with Gasteiger partial charge in [0.15, 0.2) is 0 Å². The zero-order chi connectivity index (χ0) is 12.6. The Morgan fingerprint density at radius 1 is 1.11 bits per heavy atom. The van der Waals surface area contributed by atoms with Crippen LogP contribution in [0.25, 0.3) is 0 Å². The fraction of sp³-hybridized carbons (Fsp3) is 0.600. The Hall–Kier alpha value is -0.960. The van der Waals surface area contributed by atoms with Crippen LogP contribution in [0.5, 0.6) is 0 Å². The van der Waals surface area contributed by atoms with Crippen LogP contribution >= 0.6 is 0 Å². The van der Waals surface area contributed by atoms with Crippen LogP contribution in [0.1, 0.15) is 31.2 Å². The minimum absolute atomic E-state index is 0.0968. The van der Waals surface area contributed by atoms with Crippen LogP contribution in [0.3, 0.4) is 0 Å². The summed E-state index contributed by atoms with van der Waals surface area (Å²) in [7, 11) is 0. The lowest BCUT2D eigenvalue weighted by Gasteiger charge is -2.47. The van der Waals surface area contributed by atoms with Gasteiger partial charge in [-0.05, 0) is 37.3 Å². The van der Waals surface area contributed by atoms with Crippen molar-refractivity contribution in [2.75, 3.05) is 13.1 Å². The maximum absolute atomic E-state index is 13.8. The fourth-order valence-corrected chi connectivity index (χ4v) is 3.60. The largest absolute Gasteiger partial charge is 0.315 e. The minimum atomic E-state index is -0.390. The van der Waals surface area contributed by atoms with Gasteiger partial charge in [-0.1, -0.05) is 18.9 Å². The first-order chi connectivity index (χ1) is 8.71. The Morgan fingerprint density at radius 2 is 1.72 bits per heavy atom. The molecule has 1 aromatic carbocycles. The molecule has 0 aromatic heterocycles. The summed E-state index contributed by atoms with van der Waals surface area (Å²) in [4.78, 5) is 0. The quantitative estimate of drug-likeness (QED) is 0.869. The summed E-state index contributed by atoms with van der Waals surface area (Å²) >= 11 is 0. The monoisotopic (exact) mass is 251 g/mol. The molecule has 0 bridgehead atoms. The van der Waals surface area contributed by atoms with E-state index >= 15 is 0 Å². The molecule has 0 atom stereocenters. The van der Waals surface area contributed by atoms with Gasteiger partial charge < -0.3 is 5.32 Å². The van der Waals surface area contributed by atoms with Crippen molar-refractivity contribution in [3.8, 4) is 0 Å². The second-order valence-electron chi connectivity index (χ2n) is 5.82. The molecule has 1 aromatic rings. The summed E-state index contributed by atoms with van der Waals surface area (Å²) in [5.41, 5.74) is 0.380. The maximum Gasteiger partial charge on any atom is 0.129 e. The summed E-state index contributed by atoms with van der Waals surface area (Å²) in [6.07, 6.45) is 5.52. The highest BCUT2D eigenvalue weighted by Crippen LogP contribution is 2.45. The van der Waals surface area contributed by atoms with Crippen molar-refractivity contribution in [1.82, 2.24) is 5.32 Å². The van der Waals surface area contributed by atoms with Crippen LogP contribution in [-0.4, -0.2) is 13.1 Å². The zero-order valence-electron chi connectivity index (χ0n) is 10.5. The summed E-state index contributed by atoms with van der Waals surface area (Å²) < 4.78 is 27.5. The highest BCUT2D eigenvalue weighted by Gasteiger charge is 2.45. The van der Waals surface area contributed by atoms with E-state index in [0.717, 1.165) is 13.1 Å². The van der Waals surface area contributed by atoms with Crippen molar-refractivity contribution in [3.05, 3.63) is 35.4 Å². The highest BCUT2D eigenvalue weighted by atomic mass is 19.1. The molecule has 0 spiro atoms. The average Bonchev–Trinajstić information content (AvgIpc) is 2.80. The van der Waals surface area contributed by atoms with Gasteiger partial charge >= 0.3 is 0 Å². The van der Waals surface area contributed by atoms with Crippen LogP contribution in [0, 0.1) is 23.0 Å². The van der Waals surface area contributed by atoms with E-state index in [4.69, 9.17) is 0 Å². The Bertz CT molecular complexity index is 414. The topological polar surface area (TPSA) is 12.0 Å². The highest BCUT2D eigenvalue weighted by molar-refractivity contribution is 5.23. The minimum Gasteiger partial charge on any atom is -0.315 e. The van der Waals surface area contributed by atoms with Gasteiger partial charge in [-0.15, -0.1) is 0 Å². The summed E-state index contributed by atoms with van der Waals surface area (Å²) in [6, 6.07) is 4.18. The van der Waals surface area contributed by atoms with E-state index in [0.29, 0.717) is 12.3 Å². The van der Waals surface area contributed by atoms with E-state index in [1.54, 1.807) is 0 Å². The van der Waals surface area contributed by atoms with Gasteiger partial charge in [-0.25, -0.2) is 8.78 Å². The Balaban J connectivity index is 1.85. The van der Waals surface area contributed by atoms with E-state index in [-0.39, 0.29) is 22.6 Å². The van der Waals surface area contributed by atoms with E-state index in [2.05, 4.69) is 5.32 Å². The molecule has 3 heteroatoms. The van der Waals surface area contributed by atoms with Gasteiger partial charge in [0.05, 0.1) is 0 Å². The molecule has 1 aliphatic carbocycles. The SMILES string of the molecule is Fc1cccc(F)c1CC1(C2CCCC2)CNC1. The molecule has 2 fully saturated rings. The van der Waals surface area contributed by atoms with Gasteiger partial charge in [-0.3, -0.25) is 0 Å². The molecule has 0 unspecified atom stereocenters. The molecule has 2 aliphatic rings. The number of hydrogen-bond donors (Lipinski definition) is 1. The van der Waals surface area contributed by atoms with Crippen molar-refractivity contribution >= 4 is 0 Å². The molecule has 3 rings (SSSR count). The molecule has 1 heterocycles. The fourth-order valence-electron chi connectivity index (χ4n) is 3.60. The first-order valence-electron chi connectivity index (χ1n) is 6.85. The van der Waals surface area contributed by atoms with Crippen molar-refractivity contribution < 1.29 is 8.78 Å². The standard InChI is InChI=1S/C15H19F2N/c16-13-6-3-7-14(17)12(13)8-15(9-18-10-15)11-4-1-2-5-11/h3,6-7,11,18H,1-2,4-5,8-10H2. The molecule has 1 saturated carbocycles. The van der Waals surface area contributed by atoms with Crippen LogP contribution in [0.15, 0.2) is 18.2 Å². The molecule has 1 N–H and O–H groups in total. The lowest BCUT2D eigenvalue weighted by atomic mass is 9.66. The molecule has 1 nitrogen and oxygen atoms in total. The van der Waals surface area contributed by atoms with Crippen LogP contribution < -0.4 is 5.32 Å². The molecular weight excluding hydrogens is 232 g/mol. The first kappa shape index (κ1) is 12.1. The van der Waals surface area contributed by atoms with E-state index in [1.165, 1.54) is 43.9 Å². The first-order valence-corrected chi connectivity index (χ1v) is 6.85. The lowest BCUT2D eigenvalue weighted by Crippen LogP contribution is -2.58. The molecule has 0 amide bonds. The number of halogens is 2. The molecule has 18 heavy (non-hydrogen) atoms. The lowest BCUT2D eigenvalue weighted by molar-refractivity contribution is 0.0789. The predicted octanol–water partition coefficient (Wildman–Crippen LogP) is 3.29. The van der Waals surface area contributed by atoms with Crippen molar-refractivity contribution in [1.29, 1.82) is 0 Å². The summed E-state index contributed by atoms with van der Waals surface area (Å²) in [5.74, 6) is -0.142. The van der Waals surface area contributed by atoms with Gasteiger partial charge in [0, 0.05) is 24.1 Å². The van der Waals surface area contributed by atoms with Gasteiger partial charge in [0.1, 0.15) is 11.6 Å². The van der Waals surface area contributed by atoms with E-state index < -0.39 is 0 Å². The van der Waals surface area contributed by atoms with Crippen molar-refractivity contribution in [2.24, 2.45) is 11.3 Å². The number of rotatable bonds is 3. The normalized spacial score (nSPS) is 23.0.